The normalized spacial score (nSPS) is 19.0. The number of amides is 1. The van der Waals surface area contributed by atoms with Gasteiger partial charge in [-0.25, -0.2) is 4.98 Å². The Kier molecular flexibility index (Phi) is 6.55. The van der Waals surface area contributed by atoms with Gasteiger partial charge in [-0.1, -0.05) is 23.7 Å². The second-order valence-electron chi connectivity index (χ2n) is 8.04. The molecule has 32 heavy (non-hydrogen) atoms. The molecule has 2 aromatic carbocycles. The molecular weight excluding hydrogens is 441 g/mol. The molecule has 4 rings (SSSR count). The topological polar surface area (TPSA) is 51.2 Å². The van der Waals surface area contributed by atoms with Gasteiger partial charge in [0, 0.05) is 28.6 Å². The van der Waals surface area contributed by atoms with Gasteiger partial charge < -0.3 is 10.1 Å². The van der Waals surface area contributed by atoms with Gasteiger partial charge in [-0.3, -0.25) is 4.79 Å². The lowest BCUT2D eigenvalue weighted by molar-refractivity contribution is -0.141. The second kappa shape index (κ2) is 9.36. The van der Waals surface area contributed by atoms with Crippen molar-refractivity contribution < 1.29 is 22.7 Å². The van der Waals surface area contributed by atoms with Crippen LogP contribution in [0.25, 0.3) is 10.9 Å². The third-order valence-corrected chi connectivity index (χ3v) is 5.91. The molecule has 4 nitrogen and oxygen atoms in total. The highest BCUT2D eigenvalue weighted by molar-refractivity contribution is 6.30. The molecule has 1 aromatic heterocycles. The van der Waals surface area contributed by atoms with Crippen LogP contribution in [0.5, 0.6) is 5.75 Å². The summed E-state index contributed by atoms with van der Waals surface area (Å²) in [4.78, 5) is 16.1. The summed E-state index contributed by atoms with van der Waals surface area (Å²) in [7, 11) is 0. The van der Waals surface area contributed by atoms with Gasteiger partial charge in [-0.15, -0.1) is 0 Å². The van der Waals surface area contributed by atoms with E-state index >= 15 is 0 Å². The van der Waals surface area contributed by atoms with E-state index in [0.29, 0.717) is 35.4 Å². The lowest BCUT2D eigenvalue weighted by atomic mass is 9.85. The molecule has 0 saturated heterocycles. The zero-order valence-electron chi connectivity index (χ0n) is 17.2. The predicted octanol–water partition coefficient (Wildman–Crippen LogP) is 6.87. The molecule has 1 saturated carbocycles. The van der Waals surface area contributed by atoms with Crippen LogP contribution in [0.15, 0.2) is 54.6 Å². The zero-order chi connectivity index (χ0) is 22.7. The SMILES string of the molecule is O=C(CC1CCC(Oc2cc(C(F)(F)F)nc3ccccc23)CC1)Nc1ccc(Cl)cc1. The van der Waals surface area contributed by atoms with Crippen molar-refractivity contribution in [3.63, 3.8) is 0 Å². The molecule has 1 heterocycles. The van der Waals surface area contributed by atoms with Crippen LogP contribution in [0.2, 0.25) is 5.02 Å². The lowest BCUT2D eigenvalue weighted by Crippen LogP contribution is -2.27. The summed E-state index contributed by atoms with van der Waals surface area (Å²) in [6.07, 6.45) is -1.45. The monoisotopic (exact) mass is 462 g/mol. The number of ether oxygens (including phenoxy) is 1. The van der Waals surface area contributed by atoms with Crippen LogP contribution in [0, 0.1) is 5.92 Å². The van der Waals surface area contributed by atoms with Crippen molar-refractivity contribution in [2.75, 3.05) is 5.32 Å². The predicted molar refractivity (Wildman–Crippen MR) is 118 cm³/mol. The number of fused-ring (bicyclic) bond motifs is 1. The first-order valence-corrected chi connectivity index (χ1v) is 10.8. The molecule has 168 valence electrons. The Morgan fingerprint density at radius 3 is 2.44 bits per heavy atom. The number of benzene rings is 2. The molecule has 1 fully saturated rings. The number of aromatic nitrogens is 1. The van der Waals surface area contributed by atoms with E-state index in [2.05, 4.69) is 10.3 Å². The number of para-hydroxylation sites is 1. The van der Waals surface area contributed by atoms with Crippen molar-refractivity contribution >= 4 is 34.1 Å². The van der Waals surface area contributed by atoms with Crippen LogP contribution >= 0.6 is 11.6 Å². The van der Waals surface area contributed by atoms with Crippen LogP contribution in [-0.2, 0) is 11.0 Å². The Morgan fingerprint density at radius 2 is 1.75 bits per heavy atom. The van der Waals surface area contributed by atoms with Crippen LogP contribution in [0.3, 0.4) is 0 Å². The number of anilines is 1. The van der Waals surface area contributed by atoms with Crippen molar-refractivity contribution in [3.05, 3.63) is 65.3 Å². The fourth-order valence-corrected chi connectivity index (χ4v) is 4.15. The van der Waals surface area contributed by atoms with Crippen molar-refractivity contribution in [3.8, 4) is 5.75 Å². The molecule has 0 aliphatic heterocycles. The van der Waals surface area contributed by atoms with Crippen molar-refractivity contribution in [1.82, 2.24) is 4.98 Å². The zero-order valence-corrected chi connectivity index (χ0v) is 17.9. The number of rotatable bonds is 5. The maximum absolute atomic E-state index is 13.3. The first-order chi connectivity index (χ1) is 15.3. The number of hydrogen-bond donors (Lipinski definition) is 1. The van der Waals surface area contributed by atoms with Crippen molar-refractivity contribution in [2.24, 2.45) is 5.92 Å². The van der Waals surface area contributed by atoms with Gasteiger partial charge in [0.2, 0.25) is 5.91 Å². The summed E-state index contributed by atoms with van der Waals surface area (Å²) in [5.41, 5.74) is -0.00917. The molecule has 0 unspecified atom stereocenters. The summed E-state index contributed by atoms with van der Waals surface area (Å²) in [5, 5.41) is 4.03. The smallest absolute Gasteiger partial charge is 0.433 e. The molecule has 1 amide bonds. The molecule has 1 aliphatic carbocycles. The van der Waals surface area contributed by atoms with Gasteiger partial charge in [-0.05, 0) is 68.0 Å². The summed E-state index contributed by atoms with van der Waals surface area (Å²) in [6, 6.07) is 14.6. The quantitative estimate of drug-likeness (QED) is 0.450. The van der Waals surface area contributed by atoms with Gasteiger partial charge in [0.15, 0.2) is 0 Å². The Bertz CT molecular complexity index is 1090. The van der Waals surface area contributed by atoms with E-state index in [1.807, 2.05) is 0 Å². The average Bonchev–Trinajstić information content (AvgIpc) is 2.76. The first kappa shape index (κ1) is 22.4. The Labute approximate surface area is 188 Å². The van der Waals surface area contributed by atoms with E-state index in [4.69, 9.17) is 16.3 Å². The molecule has 3 aromatic rings. The number of alkyl halides is 3. The highest BCUT2D eigenvalue weighted by atomic mass is 35.5. The van der Waals surface area contributed by atoms with Crippen LogP contribution in [-0.4, -0.2) is 17.0 Å². The van der Waals surface area contributed by atoms with E-state index < -0.39 is 11.9 Å². The van der Waals surface area contributed by atoms with Crippen LogP contribution < -0.4 is 10.1 Å². The second-order valence-corrected chi connectivity index (χ2v) is 8.48. The lowest BCUT2D eigenvalue weighted by Gasteiger charge is -2.29. The number of hydrogen-bond acceptors (Lipinski definition) is 3. The highest BCUT2D eigenvalue weighted by Crippen LogP contribution is 2.36. The van der Waals surface area contributed by atoms with Crippen molar-refractivity contribution in [1.29, 1.82) is 0 Å². The van der Waals surface area contributed by atoms with Gasteiger partial charge in [-0.2, -0.15) is 13.2 Å². The molecule has 0 spiro atoms. The molecule has 0 radical (unpaired) electrons. The number of carbonyl (C=O) groups is 1. The minimum atomic E-state index is -4.54. The Hall–Kier alpha value is -2.80. The van der Waals surface area contributed by atoms with E-state index in [1.165, 1.54) is 0 Å². The summed E-state index contributed by atoms with van der Waals surface area (Å²) < 4.78 is 45.8. The van der Waals surface area contributed by atoms with Gasteiger partial charge in [0.25, 0.3) is 0 Å². The number of nitrogens with one attached hydrogen (secondary N) is 1. The van der Waals surface area contributed by atoms with Gasteiger partial charge in [0.05, 0.1) is 11.6 Å². The standard InChI is InChI=1S/C24H22ClF3N2O2/c25-16-7-9-17(10-8-16)29-23(31)13-15-5-11-18(12-6-15)32-21-14-22(24(26,27)28)30-20-4-2-1-3-19(20)21/h1-4,7-10,14-15,18H,5-6,11-13H2,(H,29,31). The largest absolute Gasteiger partial charge is 0.490 e. The van der Waals surface area contributed by atoms with Crippen LogP contribution in [0.4, 0.5) is 18.9 Å². The molecule has 0 atom stereocenters. The summed E-state index contributed by atoms with van der Waals surface area (Å²) >= 11 is 5.85. The highest BCUT2D eigenvalue weighted by Gasteiger charge is 2.34. The van der Waals surface area contributed by atoms with E-state index in [0.717, 1.165) is 18.9 Å². The number of pyridine rings is 1. The third-order valence-electron chi connectivity index (χ3n) is 5.66. The van der Waals surface area contributed by atoms with E-state index in [-0.39, 0.29) is 29.2 Å². The maximum Gasteiger partial charge on any atom is 0.433 e. The fraction of sp³-hybridized carbons (Fsp3) is 0.333. The van der Waals surface area contributed by atoms with Crippen molar-refractivity contribution in [2.45, 2.75) is 44.4 Å². The molecule has 1 aliphatic rings. The van der Waals surface area contributed by atoms with Gasteiger partial charge in [0.1, 0.15) is 11.4 Å². The molecular formula is C24H22ClF3N2O2. The first-order valence-electron chi connectivity index (χ1n) is 10.5. The van der Waals surface area contributed by atoms with E-state index in [1.54, 1.807) is 48.5 Å². The third kappa shape index (κ3) is 5.51. The summed E-state index contributed by atoms with van der Waals surface area (Å²) in [6.45, 7) is 0. The van der Waals surface area contributed by atoms with Crippen LogP contribution in [0.1, 0.15) is 37.8 Å². The average molecular weight is 463 g/mol. The molecule has 8 heteroatoms. The number of carbonyl (C=O) groups excluding carboxylic acids is 1. The Morgan fingerprint density at radius 1 is 1.06 bits per heavy atom. The van der Waals surface area contributed by atoms with Gasteiger partial charge >= 0.3 is 6.18 Å². The molecule has 1 N–H and O–H groups in total. The fourth-order valence-electron chi connectivity index (χ4n) is 4.03. The minimum Gasteiger partial charge on any atom is -0.490 e. The number of halogens is 4. The molecule has 0 bridgehead atoms. The maximum atomic E-state index is 13.3. The minimum absolute atomic E-state index is 0.0633. The summed E-state index contributed by atoms with van der Waals surface area (Å²) in [5.74, 6) is 0.348. The Balaban J connectivity index is 1.36. The number of nitrogens with zero attached hydrogens (tertiary/aromatic N) is 1. The van der Waals surface area contributed by atoms with E-state index in [9.17, 15) is 18.0 Å².